The summed E-state index contributed by atoms with van der Waals surface area (Å²) in [5.41, 5.74) is 3.74. The van der Waals surface area contributed by atoms with E-state index in [2.05, 4.69) is 5.32 Å². The Morgan fingerprint density at radius 2 is 1.77 bits per heavy atom. The van der Waals surface area contributed by atoms with E-state index in [0.717, 1.165) is 39.4 Å². The Morgan fingerprint density at radius 1 is 0.935 bits per heavy atom. The number of carbonyl (C=O) groups is 1. The van der Waals surface area contributed by atoms with Crippen molar-refractivity contribution in [3.8, 4) is 0 Å². The minimum Gasteiger partial charge on any atom is -0.349 e. The number of halogens is 1. The monoisotopic (exact) mass is 430 g/mol. The van der Waals surface area contributed by atoms with Gasteiger partial charge in [-0.1, -0.05) is 61.4 Å². The van der Waals surface area contributed by atoms with Crippen molar-refractivity contribution in [2.24, 2.45) is 4.99 Å². The molecule has 0 aromatic heterocycles. The first-order valence-corrected chi connectivity index (χ1v) is 11.6. The van der Waals surface area contributed by atoms with Crippen molar-refractivity contribution in [2.75, 3.05) is 0 Å². The van der Waals surface area contributed by atoms with Crippen LogP contribution in [0.1, 0.15) is 53.6 Å². The number of rotatable bonds is 3. The van der Waals surface area contributed by atoms with Gasteiger partial charge in [0.2, 0.25) is 0 Å². The molecule has 1 amide bonds. The lowest BCUT2D eigenvalue weighted by Gasteiger charge is -2.22. The molecule has 1 aliphatic carbocycles. The standard InChI is InChI=1S/C26H23FN2OS/c27-19-8-6-7-17(15-19)25-21-11-4-5-12-23(21)31-24-14-13-18(16-22(24)29-25)26(30)28-20-9-2-1-3-10-20/h4-8,11-16,20H,1-3,9-10H2,(H,28,30). The van der Waals surface area contributed by atoms with Crippen molar-refractivity contribution in [3.63, 3.8) is 0 Å². The van der Waals surface area contributed by atoms with Crippen LogP contribution in [0.4, 0.5) is 10.1 Å². The fourth-order valence-electron chi connectivity index (χ4n) is 4.25. The Morgan fingerprint density at radius 3 is 2.61 bits per heavy atom. The molecule has 3 aromatic rings. The van der Waals surface area contributed by atoms with Gasteiger partial charge in [0.05, 0.1) is 11.4 Å². The highest BCUT2D eigenvalue weighted by molar-refractivity contribution is 7.99. The van der Waals surface area contributed by atoms with E-state index in [-0.39, 0.29) is 17.8 Å². The van der Waals surface area contributed by atoms with E-state index in [9.17, 15) is 9.18 Å². The molecule has 0 saturated heterocycles. The number of amides is 1. The third-order valence-electron chi connectivity index (χ3n) is 5.85. The lowest BCUT2D eigenvalue weighted by atomic mass is 9.95. The molecule has 2 aliphatic rings. The van der Waals surface area contributed by atoms with E-state index >= 15 is 0 Å². The van der Waals surface area contributed by atoms with Crippen LogP contribution in [-0.2, 0) is 0 Å². The number of fused-ring (bicyclic) bond motifs is 2. The van der Waals surface area contributed by atoms with E-state index in [1.54, 1.807) is 17.8 Å². The Labute approximate surface area is 185 Å². The molecule has 1 aliphatic heterocycles. The molecule has 0 atom stereocenters. The molecule has 156 valence electrons. The zero-order valence-corrected chi connectivity index (χ0v) is 17.9. The molecule has 1 heterocycles. The topological polar surface area (TPSA) is 41.5 Å². The Hall–Kier alpha value is -2.92. The van der Waals surface area contributed by atoms with E-state index < -0.39 is 0 Å². The van der Waals surface area contributed by atoms with Gasteiger partial charge in [-0.3, -0.25) is 4.79 Å². The number of hydrogen-bond acceptors (Lipinski definition) is 3. The molecule has 1 saturated carbocycles. The lowest BCUT2D eigenvalue weighted by Crippen LogP contribution is -2.36. The first-order valence-electron chi connectivity index (χ1n) is 10.7. The molecule has 5 rings (SSSR count). The predicted octanol–water partition coefficient (Wildman–Crippen LogP) is 6.52. The van der Waals surface area contributed by atoms with Crippen LogP contribution < -0.4 is 5.32 Å². The van der Waals surface area contributed by atoms with Crippen molar-refractivity contribution in [1.29, 1.82) is 0 Å². The molecule has 1 N–H and O–H groups in total. The lowest BCUT2D eigenvalue weighted by molar-refractivity contribution is 0.0927. The molecular formula is C26H23FN2OS. The number of nitrogens with one attached hydrogen (secondary N) is 1. The predicted molar refractivity (Wildman–Crippen MR) is 123 cm³/mol. The second-order valence-electron chi connectivity index (χ2n) is 8.06. The molecule has 0 radical (unpaired) electrons. The van der Waals surface area contributed by atoms with E-state index in [4.69, 9.17) is 4.99 Å². The second-order valence-corrected chi connectivity index (χ2v) is 9.14. The molecule has 5 heteroatoms. The maximum Gasteiger partial charge on any atom is 0.251 e. The van der Waals surface area contributed by atoms with Crippen LogP contribution in [0.3, 0.4) is 0 Å². The largest absolute Gasteiger partial charge is 0.349 e. The summed E-state index contributed by atoms with van der Waals surface area (Å²) < 4.78 is 14.0. The first kappa shape index (κ1) is 20.0. The number of hydrogen-bond donors (Lipinski definition) is 1. The Bertz CT molecular complexity index is 1170. The quantitative estimate of drug-likeness (QED) is 0.402. The molecule has 3 nitrogen and oxygen atoms in total. The second kappa shape index (κ2) is 8.67. The maximum atomic E-state index is 14.0. The normalized spacial score (nSPS) is 16.0. The van der Waals surface area contributed by atoms with E-state index in [1.807, 2.05) is 48.5 Å². The number of carbonyl (C=O) groups excluding carboxylic acids is 1. The van der Waals surface area contributed by atoms with Crippen molar-refractivity contribution in [1.82, 2.24) is 5.32 Å². The SMILES string of the molecule is O=C(NC1CCCCC1)c1ccc2c(c1)N=C(c1cccc(F)c1)c1ccccc1S2. The summed E-state index contributed by atoms with van der Waals surface area (Å²) in [6, 6.07) is 20.5. The number of aliphatic imine (C=N–C) groups is 1. The number of nitrogens with zero attached hydrogens (tertiary/aromatic N) is 1. The molecule has 0 spiro atoms. The third kappa shape index (κ3) is 4.28. The van der Waals surface area contributed by atoms with Crippen LogP contribution in [0.5, 0.6) is 0 Å². The maximum absolute atomic E-state index is 14.0. The van der Waals surface area contributed by atoms with Crippen molar-refractivity contribution in [3.05, 3.63) is 89.2 Å². The van der Waals surface area contributed by atoms with Crippen molar-refractivity contribution in [2.45, 2.75) is 47.9 Å². The van der Waals surface area contributed by atoms with Crippen LogP contribution in [-0.4, -0.2) is 17.7 Å². The smallest absolute Gasteiger partial charge is 0.251 e. The highest BCUT2D eigenvalue weighted by Gasteiger charge is 2.21. The fraction of sp³-hybridized carbons (Fsp3) is 0.231. The van der Waals surface area contributed by atoms with Crippen LogP contribution in [0.2, 0.25) is 0 Å². The highest BCUT2D eigenvalue weighted by Crippen LogP contribution is 2.41. The number of benzene rings is 3. The summed E-state index contributed by atoms with van der Waals surface area (Å²) in [4.78, 5) is 19.9. The van der Waals surface area contributed by atoms with E-state index in [0.29, 0.717) is 11.3 Å². The average Bonchev–Trinajstić information content (AvgIpc) is 2.96. The summed E-state index contributed by atoms with van der Waals surface area (Å²) in [5, 5.41) is 3.18. The van der Waals surface area contributed by atoms with Gasteiger partial charge in [-0.05, 0) is 49.2 Å². The van der Waals surface area contributed by atoms with Gasteiger partial charge in [-0.25, -0.2) is 9.38 Å². The molecule has 3 aromatic carbocycles. The average molecular weight is 431 g/mol. The Kier molecular flexibility index (Phi) is 5.60. The summed E-state index contributed by atoms with van der Waals surface area (Å²) in [6.45, 7) is 0. The zero-order chi connectivity index (χ0) is 21.2. The molecule has 0 bridgehead atoms. The van der Waals surface area contributed by atoms with Gasteiger partial charge < -0.3 is 5.32 Å². The third-order valence-corrected chi connectivity index (χ3v) is 6.99. The molecule has 0 unspecified atom stereocenters. The van der Waals surface area contributed by atoms with Crippen LogP contribution >= 0.6 is 11.8 Å². The van der Waals surface area contributed by atoms with Gasteiger partial charge in [0.15, 0.2) is 0 Å². The van der Waals surface area contributed by atoms with Gasteiger partial charge in [0.25, 0.3) is 5.91 Å². The zero-order valence-electron chi connectivity index (χ0n) is 17.1. The Balaban J connectivity index is 1.55. The minimum atomic E-state index is -0.296. The van der Waals surface area contributed by atoms with Crippen molar-refractivity contribution >= 4 is 29.1 Å². The highest BCUT2D eigenvalue weighted by atomic mass is 32.2. The fourth-order valence-corrected chi connectivity index (χ4v) is 5.26. The first-order chi connectivity index (χ1) is 15.2. The van der Waals surface area contributed by atoms with Crippen molar-refractivity contribution < 1.29 is 9.18 Å². The van der Waals surface area contributed by atoms with Crippen LogP contribution in [0.15, 0.2) is 81.5 Å². The molecule has 31 heavy (non-hydrogen) atoms. The van der Waals surface area contributed by atoms with Crippen LogP contribution in [0.25, 0.3) is 0 Å². The summed E-state index contributed by atoms with van der Waals surface area (Å²) in [6.07, 6.45) is 5.69. The van der Waals surface area contributed by atoms with Gasteiger partial charge in [0.1, 0.15) is 5.82 Å². The van der Waals surface area contributed by atoms with E-state index in [1.165, 1.54) is 31.4 Å². The van der Waals surface area contributed by atoms with Gasteiger partial charge in [-0.15, -0.1) is 0 Å². The summed E-state index contributed by atoms with van der Waals surface area (Å²) >= 11 is 1.62. The summed E-state index contributed by atoms with van der Waals surface area (Å²) in [5.74, 6) is -0.348. The summed E-state index contributed by atoms with van der Waals surface area (Å²) in [7, 11) is 0. The van der Waals surface area contributed by atoms with Crippen LogP contribution in [0, 0.1) is 5.82 Å². The van der Waals surface area contributed by atoms with Gasteiger partial charge >= 0.3 is 0 Å². The van der Waals surface area contributed by atoms with Gasteiger partial charge in [-0.2, -0.15) is 0 Å². The minimum absolute atomic E-state index is 0.0519. The van der Waals surface area contributed by atoms with Gasteiger partial charge in [0, 0.05) is 32.5 Å². The molecular weight excluding hydrogens is 407 g/mol. The molecule has 1 fully saturated rings.